The Labute approximate surface area is 99.8 Å². The van der Waals surface area contributed by atoms with Crippen molar-refractivity contribution in [2.45, 2.75) is 31.2 Å². The number of aliphatic hydroxyl groups excluding tert-OH is 2. The first kappa shape index (κ1) is 11.0. The van der Waals surface area contributed by atoms with E-state index in [9.17, 15) is 10.2 Å². The SMILES string of the molecule is O[C@@H]1Cc2cccc(OC[C@@H]3CO3)c2C[C@@H]1O. The molecule has 3 atom stereocenters. The normalized spacial score (nSPS) is 30.8. The van der Waals surface area contributed by atoms with Crippen LogP contribution in [0.5, 0.6) is 5.75 Å². The van der Waals surface area contributed by atoms with E-state index in [1.54, 1.807) is 0 Å². The molecule has 1 aromatic rings. The zero-order valence-electron chi connectivity index (χ0n) is 9.50. The lowest BCUT2D eigenvalue weighted by Crippen LogP contribution is -2.34. The van der Waals surface area contributed by atoms with Crippen LogP contribution in [-0.4, -0.2) is 41.7 Å². The van der Waals surface area contributed by atoms with Crippen LogP contribution in [0.1, 0.15) is 11.1 Å². The van der Waals surface area contributed by atoms with Gasteiger partial charge < -0.3 is 19.7 Å². The maximum Gasteiger partial charge on any atom is 0.123 e. The molecular weight excluding hydrogens is 220 g/mol. The molecule has 3 rings (SSSR count). The molecule has 17 heavy (non-hydrogen) atoms. The van der Waals surface area contributed by atoms with Gasteiger partial charge in [-0.05, 0) is 11.6 Å². The highest BCUT2D eigenvalue weighted by Gasteiger charge is 2.28. The molecule has 1 heterocycles. The zero-order valence-corrected chi connectivity index (χ0v) is 9.50. The monoisotopic (exact) mass is 236 g/mol. The fourth-order valence-corrected chi connectivity index (χ4v) is 2.22. The Morgan fingerprint density at radius 3 is 2.76 bits per heavy atom. The van der Waals surface area contributed by atoms with Crippen molar-refractivity contribution >= 4 is 0 Å². The lowest BCUT2D eigenvalue weighted by Gasteiger charge is -2.27. The summed E-state index contributed by atoms with van der Waals surface area (Å²) in [5, 5.41) is 19.3. The van der Waals surface area contributed by atoms with Crippen molar-refractivity contribution in [2.24, 2.45) is 0 Å². The van der Waals surface area contributed by atoms with Crippen molar-refractivity contribution < 1.29 is 19.7 Å². The molecule has 2 N–H and O–H groups in total. The van der Waals surface area contributed by atoms with Crippen LogP contribution >= 0.6 is 0 Å². The van der Waals surface area contributed by atoms with Crippen LogP contribution in [0.3, 0.4) is 0 Å². The number of fused-ring (bicyclic) bond motifs is 1. The van der Waals surface area contributed by atoms with E-state index in [1.165, 1.54) is 0 Å². The molecule has 0 aromatic heterocycles. The van der Waals surface area contributed by atoms with Gasteiger partial charge in [0.2, 0.25) is 0 Å². The molecule has 1 aliphatic carbocycles. The number of aliphatic hydroxyl groups is 2. The van der Waals surface area contributed by atoms with Crippen LogP contribution in [0, 0.1) is 0 Å². The molecule has 4 heteroatoms. The molecule has 0 unspecified atom stereocenters. The molecule has 1 aliphatic heterocycles. The Bertz CT molecular complexity index is 414. The molecule has 0 radical (unpaired) electrons. The van der Waals surface area contributed by atoms with Crippen molar-refractivity contribution in [2.75, 3.05) is 13.2 Å². The van der Waals surface area contributed by atoms with E-state index >= 15 is 0 Å². The molecule has 1 fully saturated rings. The van der Waals surface area contributed by atoms with Gasteiger partial charge in [-0.15, -0.1) is 0 Å². The number of benzene rings is 1. The number of hydrogen-bond donors (Lipinski definition) is 2. The molecular formula is C13H16O4. The molecule has 4 nitrogen and oxygen atoms in total. The maximum atomic E-state index is 9.71. The van der Waals surface area contributed by atoms with Gasteiger partial charge in [-0.1, -0.05) is 12.1 Å². The number of rotatable bonds is 3. The van der Waals surface area contributed by atoms with Crippen molar-refractivity contribution in [3.63, 3.8) is 0 Å². The van der Waals surface area contributed by atoms with Gasteiger partial charge in [0.15, 0.2) is 0 Å². The van der Waals surface area contributed by atoms with E-state index < -0.39 is 12.2 Å². The van der Waals surface area contributed by atoms with Gasteiger partial charge in [0.05, 0.1) is 18.8 Å². The summed E-state index contributed by atoms with van der Waals surface area (Å²) in [6, 6.07) is 5.81. The van der Waals surface area contributed by atoms with Crippen LogP contribution in [0.4, 0.5) is 0 Å². The minimum Gasteiger partial charge on any atom is -0.490 e. The topological polar surface area (TPSA) is 62.2 Å². The van der Waals surface area contributed by atoms with Crippen LogP contribution in [0.15, 0.2) is 18.2 Å². The molecule has 0 spiro atoms. The predicted molar refractivity (Wildman–Crippen MR) is 61.1 cm³/mol. The second-order valence-electron chi connectivity index (χ2n) is 4.70. The molecule has 1 aromatic carbocycles. The average Bonchev–Trinajstić information content (AvgIpc) is 3.12. The molecule has 0 saturated carbocycles. The van der Waals surface area contributed by atoms with Crippen molar-refractivity contribution in [3.8, 4) is 5.75 Å². The molecule has 0 amide bonds. The summed E-state index contributed by atoms with van der Waals surface area (Å²) in [5.74, 6) is 0.809. The van der Waals surface area contributed by atoms with Crippen molar-refractivity contribution in [1.29, 1.82) is 0 Å². The first-order chi connectivity index (χ1) is 8.24. The van der Waals surface area contributed by atoms with E-state index in [2.05, 4.69) is 0 Å². The van der Waals surface area contributed by atoms with Gasteiger partial charge in [0.25, 0.3) is 0 Å². The minimum atomic E-state index is -0.690. The van der Waals surface area contributed by atoms with Gasteiger partial charge >= 0.3 is 0 Å². The molecule has 92 valence electrons. The number of hydrogen-bond acceptors (Lipinski definition) is 4. The largest absolute Gasteiger partial charge is 0.490 e. The fraction of sp³-hybridized carbons (Fsp3) is 0.538. The van der Waals surface area contributed by atoms with Crippen molar-refractivity contribution in [1.82, 2.24) is 0 Å². The summed E-state index contributed by atoms with van der Waals surface area (Å²) >= 11 is 0. The highest BCUT2D eigenvalue weighted by atomic mass is 16.6. The van der Waals surface area contributed by atoms with Crippen LogP contribution in [-0.2, 0) is 17.6 Å². The van der Waals surface area contributed by atoms with E-state index in [0.29, 0.717) is 19.4 Å². The van der Waals surface area contributed by atoms with Crippen LogP contribution in [0.25, 0.3) is 0 Å². The fourth-order valence-electron chi connectivity index (χ4n) is 2.22. The van der Waals surface area contributed by atoms with E-state index in [0.717, 1.165) is 23.5 Å². The maximum absolute atomic E-state index is 9.71. The third-order valence-corrected chi connectivity index (χ3v) is 3.34. The first-order valence-corrected chi connectivity index (χ1v) is 5.95. The summed E-state index contributed by atoms with van der Waals surface area (Å²) in [6.45, 7) is 1.34. The number of epoxide rings is 1. The summed E-state index contributed by atoms with van der Waals surface area (Å²) < 4.78 is 10.8. The van der Waals surface area contributed by atoms with Gasteiger partial charge in [-0.25, -0.2) is 0 Å². The summed E-state index contributed by atoms with van der Waals surface area (Å²) in [6.07, 6.45) is -0.176. The first-order valence-electron chi connectivity index (χ1n) is 5.95. The summed E-state index contributed by atoms with van der Waals surface area (Å²) in [5.41, 5.74) is 2.09. The van der Waals surface area contributed by atoms with E-state index in [-0.39, 0.29) is 6.10 Å². The third kappa shape index (κ3) is 2.29. The Hall–Kier alpha value is -1.10. The Balaban J connectivity index is 1.81. The molecule has 1 saturated heterocycles. The van der Waals surface area contributed by atoms with Crippen LogP contribution < -0.4 is 4.74 Å². The Kier molecular flexibility index (Phi) is 2.78. The standard InChI is InChI=1S/C13H16O4/c14-11-4-8-2-1-3-13(10(8)5-12(11)15)17-7-9-6-16-9/h1-3,9,11-12,14-15H,4-7H2/t9-,11+,12-/m0/s1. The third-order valence-electron chi connectivity index (χ3n) is 3.34. The van der Waals surface area contributed by atoms with E-state index in [1.807, 2.05) is 18.2 Å². The summed E-state index contributed by atoms with van der Waals surface area (Å²) in [7, 11) is 0. The Morgan fingerprint density at radius 1 is 1.24 bits per heavy atom. The second kappa shape index (κ2) is 4.29. The second-order valence-corrected chi connectivity index (χ2v) is 4.70. The van der Waals surface area contributed by atoms with Gasteiger partial charge in [-0.2, -0.15) is 0 Å². The predicted octanol–water partition coefficient (Wildman–Crippen LogP) is 0.285. The number of ether oxygens (including phenoxy) is 2. The van der Waals surface area contributed by atoms with Crippen LogP contribution in [0.2, 0.25) is 0 Å². The zero-order chi connectivity index (χ0) is 11.8. The lowest BCUT2D eigenvalue weighted by molar-refractivity contribution is 0.0135. The highest BCUT2D eigenvalue weighted by Crippen LogP contribution is 2.30. The van der Waals surface area contributed by atoms with E-state index in [4.69, 9.17) is 9.47 Å². The minimum absolute atomic E-state index is 0.227. The van der Waals surface area contributed by atoms with Crippen molar-refractivity contribution in [3.05, 3.63) is 29.3 Å². The van der Waals surface area contributed by atoms with Gasteiger partial charge in [-0.3, -0.25) is 0 Å². The highest BCUT2D eigenvalue weighted by molar-refractivity contribution is 5.43. The molecule has 0 bridgehead atoms. The average molecular weight is 236 g/mol. The molecule has 2 aliphatic rings. The smallest absolute Gasteiger partial charge is 0.123 e. The lowest BCUT2D eigenvalue weighted by atomic mass is 9.87. The quantitative estimate of drug-likeness (QED) is 0.740. The van der Waals surface area contributed by atoms with Gasteiger partial charge in [0.1, 0.15) is 18.5 Å². The van der Waals surface area contributed by atoms with Gasteiger partial charge in [0, 0.05) is 18.4 Å². The Morgan fingerprint density at radius 2 is 2.00 bits per heavy atom. The summed E-state index contributed by atoms with van der Waals surface area (Å²) in [4.78, 5) is 0.